The lowest BCUT2D eigenvalue weighted by molar-refractivity contribution is 0.145. The molecule has 1 heterocycles. The lowest BCUT2D eigenvalue weighted by Crippen LogP contribution is -2.27. The molecule has 2 N–H and O–H groups in total. The van der Waals surface area contributed by atoms with E-state index in [1.54, 1.807) is 12.1 Å². The van der Waals surface area contributed by atoms with E-state index in [-0.39, 0.29) is 12.6 Å². The molecule has 0 saturated carbocycles. The standard InChI is InChI=1S/C10H10BrFN2O2.C2H6/c11-8-2-1-6(3-9(8)12)14-5-7(4-13)16-10(14)15;1-2/h1-3,7H,4-5,13H2;1-2H3. The summed E-state index contributed by atoms with van der Waals surface area (Å²) in [4.78, 5) is 12.8. The zero-order valence-corrected chi connectivity index (χ0v) is 11.9. The average Bonchev–Trinajstić information content (AvgIpc) is 2.77. The number of cyclic esters (lactones) is 1. The molecule has 0 spiro atoms. The number of benzene rings is 1. The predicted molar refractivity (Wildman–Crippen MR) is 72.1 cm³/mol. The number of anilines is 1. The molecule has 18 heavy (non-hydrogen) atoms. The summed E-state index contributed by atoms with van der Waals surface area (Å²) in [5.41, 5.74) is 5.88. The zero-order valence-electron chi connectivity index (χ0n) is 10.3. The van der Waals surface area contributed by atoms with Crippen molar-refractivity contribution in [2.24, 2.45) is 5.73 Å². The topological polar surface area (TPSA) is 55.6 Å². The molecular weight excluding hydrogens is 303 g/mol. The summed E-state index contributed by atoms with van der Waals surface area (Å²) in [6.45, 7) is 4.62. The molecule has 0 radical (unpaired) electrons. The zero-order chi connectivity index (χ0) is 13.7. The first-order valence-electron chi connectivity index (χ1n) is 5.75. The largest absolute Gasteiger partial charge is 0.443 e. The molecule has 1 aliphatic rings. The summed E-state index contributed by atoms with van der Waals surface area (Å²) in [7, 11) is 0. The van der Waals surface area contributed by atoms with Crippen molar-refractivity contribution in [2.45, 2.75) is 20.0 Å². The minimum Gasteiger partial charge on any atom is -0.443 e. The number of hydrogen-bond acceptors (Lipinski definition) is 3. The number of nitrogens with zero attached hydrogens (tertiary/aromatic N) is 1. The quantitative estimate of drug-likeness (QED) is 0.912. The molecule has 4 nitrogen and oxygen atoms in total. The van der Waals surface area contributed by atoms with Crippen molar-refractivity contribution in [3.05, 3.63) is 28.5 Å². The second-order valence-electron chi connectivity index (χ2n) is 3.45. The first-order chi connectivity index (χ1) is 8.61. The monoisotopic (exact) mass is 318 g/mol. The molecule has 1 saturated heterocycles. The third kappa shape index (κ3) is 3.20. The van der Waals surface area contributed by atoms with Crippen LogP contribution in [0.25, 0.3) is 0 Å². The SMILES string of the molecule is CC.NCC1CN(c2ccc(Br)c(F)c2)C(=O)O1. The van der Waals surface area contributed by atoms with Gasteiger partial charge in [0.25, 0.3) is 0 Å². The van der Waals surface area contributed by atoms with E-state index in [1.165, 1.54) is 11.0 Å². The van der Waals surface area contributed by atoms with Gasteiger partial charge in [-0.15, -0.1) is 0 Å². The number of halogens is 2. The van der Waals surface area contributed by atoms with Gasteiger partial charge in [0.05, 0.1) is 16.7 Å². The van der Waals surface area contributed by atoms with Gasteiger partial charge in [0.2, 0.25) is 0 Å². The lowest BCUT2D eigenvalue weighted by atomic mass is 10.2. The molecule has 1 aromatic carbocycles. The van der Waals surface area contributed by atoms with Crippen LogP contribution >= 0.6 is 15.9 Å². The van der Waals surface area contributed by atoms with E-state index >= 15 is 0 Å². The Morgan fingerprint density at radius 2 is 2.22 bits per heavy atom. The Kier molecular flexibility index (Phi) is 5.55. The fourth-order valence-corrected chi connectivity index (χ4v) is 1.75. The molecule has 100 valence electrons. The van der Waals surface area contributed by atoms with Crippen molar-refractivity contribution in [1.29, 1.82) is 0 Å². The van der Waals surface area contributed by atoms with Crippen molar-refractivity contribution in [3.8, 4) is 0 Å². The number of hydrogen-bond donors (Lipinski definition) is 1. The molecule has 2 rings (SSSR count). The van der Waals surface area contributed by atoms with Gasteiger partial charge >= 0.3 is 6.09 Å². The van der Waals surface area contributed by atoms with E-state index in [1.807, 2.05) is 13.8 Å². The van der Waals surface area contributed by atoms with E-state index in [4.69, 9.17) is 10.5 Å². The summed E-state index contributed by atoms with van der Waals surface area (Å²) in [5, 5.41) is 0. The molecule has 1 unspecified atom stereocenters. The molecule has 1 atom stereocenters. The number of rotatable bonds is 2. The molecule has 0 aliphatic carbocycles. The maximum atomic E-state index is 13.3. The van der Waals surface area contributed by atoms with Crippen LogP contribution in [0.5, 0.6) is 0 Å². The molecule has 1 fully saturated rings. The van der Waals surface area contributed by atoms with Crippen LogP contribution in [0.2, 0.25) is 0 Å². The van der Waals surface area contributed by atoms with Crippen LogP contribution in [0.15, 0.2) is 22.7 Å². The van der Waals surface area contributed by atoms with Crippen LogP contribution in [0.3, 0.4) is 0 Å². The van der Waals surface area contributed by atoms with Crippen molar-refractivity contribution < 1.29 is 13.9 Å². The van der Waals surface area contributed by atoms with Gasteiger partial charge in [-0.1, -0.05) is 13.8 Å². The van der Waals surface area contributed by atoms with Crippen molar-refractivity contribution >= 4 is 27.7 Å². The van der Waals surface area contributed by atoms with Gasteiger partial charge in [-0.05, 0) is 34.1 Å². The number of nitrogens with two attached hydrogens (primary N) is 1. The number of amides is 1. The molecule has 0 aromatic heterocycles. The molecule has 6 heteroatoms. The van der Waals surface area contributed by atoms with E-state index in [9.17, 15) is 9.18 Å². The Morgan fingerprint density at radius 1 is 1.56 bits per heavy atom. The van der Waals surface area contributed by atoms with Crippen LogP contribution in [-0.4, -0.2) is 25.3 Å². The highest BCUT2D eigenvalue weighted by Gasteiger charge is 2.31. The van der Waals surface area contributed by atoms with Gasteiger partial charge in [-0.3, -0.25) is 4.90 Å². The summed E-state index contributed by atoms with van der Waals surface area (Å²) in [6, 6.07) is 4.48. The highest BCUT2D eigenvalue weighted by Crippen LogP contribution is 2.25. The van der Waals surface area contributed by atoms with E-state index in [0.717, 1.165) is 0 Å². The van der Waals surface area contributed by atoms with Crippen LogP contribution in [0.4, 0.5) is 14.9 Å². The number of carbonyl (C=O) groups is 1. The van der Waals surface area contributed by atoms with Gasteiger partial charge in [-0.2, -0.15) is 0 Å². The second-order valence-corrected chi connectivity index (χ2v) is 4.30. The van der Waals surface area contributed by atoms with Crippen molar-refractivity contribution in [1.82, 2.24) is 0 Å². The summed E-state index contributed by atoms with van der Waals surface area (Å²) in [6.07, 6.45) is -0.809. The Morgan fingerprint density at radius 3 is 2.72 bits per heavy atom. The lowest BCUT2D eigenvalue weighted by Gasteiger charge is -2.12. The fourth-order valence-electron chi connectivity index (χ4n) is 1.51. The van der Waals surface area contributed by atoms with Crippen LogP contribution < -0.4 is 10.6 Å². The van der Waals surface area contributed by atoms with Crippen LogP contribution in [0, 0.1) is 5.82 Å². The minimum atomic E-state index is -0.489. The summed E-state index contributed by atoms with van der Waals surface area (Å²) < 4.78 is 18.6. The average molecular weight is 319 g/mol. The second kappa shape index (κ2) is 6.70. The maximum Gasteiger partial charge on any atom is 0.414 e. The van der Waals surface area contributed by atoms with E-state index < -0.39 is 11.9 Å². The van der Waals surface area contributed by atoms with Gasteiger partial charge in [0.1, 0.15) is 11.9 Å². The first-order valence-corrected chi connectivity index (χ1v) is 6.54. The highest BCUT2D eigenvalue weighted by molar-refractivity contribution is 9.10. The highest BCUT2D eigenvalue weighted by atomic mass is 79.9. The Bertz CT molecular complexity index is 429. The Balaban J connectivity index is 0.000000771. The molecule has 1 aromatic rings. The van der Waals surface area contributed by atoms with Crippen LogP contribution in [0.1, 0.15) is 13.8 Å². The molecule has 1 aliphatic heterocycles. The van der Waals surface area contributed by atoms with E-state index in [0.29, 0.717) is 16.7 Å². The van der Waals surface area contributed by atoms with Gasteiger partial charge in [0.15, 0.2) is 0 Å². The predicted octanol–water partition coefficient (Wildman–Crippen LogP) is 2.90. The van der Waals surface area contributed by atoms with Gasteiger partial charge in [0, 0.05) is 6.54 Å². The third-order valence-electron chi connectivity index (χ3n) is 2.35. The number of carbonyl (C=O) groups excluding carboxylic acids is 1. The minimum absolute atomic E-state index is 0.265. The molecule has 0 bridgehead atoms. The Hall–Kier alpha value is -1.14. The van der Waals surface area contributed by atoms with Gasteiger partial charge in [-0.25, -0.2) is 9.18 Å². The van der Waals surface area contributed by atoms with Crippen molar-refractivity contribution in [3.63, 3.8) is 0 Å². The third-order valence-corrected chi connectivity index (χ3v) is 2.99. The first kappa shape index (κ1) is 14.9. The normalized spacial score (nSPS) is 18.2. The molecule has 1 amide bonds. The Labute approximate surface area is 114 Å². The smallest absolute Gasteiger partial charge is 0.414 e. The molecular formula is C12H16BrFN2O2. The van der Waals surface area contributed by atoms with Crippen molar-refractivity contribution in [2.75, 3.05) is 18.0 Å². The van der Waals surface area contributed by atoms with Gasteiger partial charge < -0.3 is 10.5 Å². The fraction of sp³-hybridized carbons (Fsp3) is 0.417. The summed E-state index contributed by atoms with van der Waals surface area (Å²) >= 11 is 3.05. The maximum absolute atomic E-state index is 13.3. The number of ether oxygens (including phenoxy) is 1. The van der Waals surface area contributed by atoms with Crippen LogP contribution in [-0.2, 0) is 4.74 Å². The summed E-state index contributed by atoms with van der Waals surface area (Å²) in [5.74, 6) is -0.415. The van der Waals surface area contributed by atoms with E-state index in [2.05, 4.69) is 15.9 Å².